The summed E-state index contributed by atoms with van der Waals surface area (Å²) in [5, 5.41) is 8.30. The summed E-state index contributed by atoms with van der Waals surface area (Å²) >= 11 is 2.01. The molecule has 13 heavy (non-hydrogen) atoms. The average Bonchev–Trinajstić information content (AvgIpc) is 2.17. The van der Waals surface area contributed by atoms with Gasteiger partial charge in [-0.3, -0.25) is 13.1 Å². The van der Waals surface area contributed by atoms with E-state index < -0.39 is 5.91 Å². The van der Waals surface area contributed by atoms with Crippen molar-refractivity contribution in [2.24, 2.45) is 0 Å². The van der Waals surface area contributed by atoms with Crippen molar-refractivity contribution < 1.29 is 10.0 Å². The van der Waals surface area contributed by atoms with Gasteiger partial charge in [0.15, 0.2) is 0 Å². The highest BCUT2D eigenvalue weighted by Crippen LogP contribution is 2.08. The van der Waals surface area contributed by atoms with Gasteiger partial charge in [-0.25, -0.2) is 15.4 Å². The van der Waals surface area contributed by atoms with Gasteiger partial charge in [0, 0.05) is 19.4 Å². The minimum absolute atomic E-state index is 0.213. The highest BCUT2D eigenvalue weighted by Gasteiger charge is 2.06. The minimum atomic E-state index is -0.623. The molecule has 0 radical (unpaired) electrons. The first-order chi connectivity index (χ1) is 6.15. The zero-order valence-electron chi connectivity index (χ0n) is 6.73. The molecule has 0 unspecified atom stereocenters. The maximum absolute atomic E-state index is 10.8. The summed E-state index contributed by atoms with van der Waals surface area (Å²) in [6, 6.07) is 0. The standard InChI is InChI=1S/C6H7IN4O2/c1-11(7)6-8-2-4(3-9-6)5(12)10-13/h2-3,13H,1H3,(H,10,12). The molecule has 70 valence electrons. The van der Waals surface area contributed by atoms with Gasteiger partial charge >= 0.3 is 0 Å². The predicted molar refractivity (Wildman–Crippen MR) is 53.7 cm³/mol. The molecule has 1 aromatic heterocycles. The number of nitrogens with one attached hydrogen (secondary N) is 1. The third kappa shape index (κ3) is 2.49. The number of halogens is 1. The number of hydrogen-bond acceptors (Lipinski definition) is 5. The summed E-state index contributed by atoms with van der Waals surface area (Å²) in [5.41, 5.74) is 1.71. The van der Waals surface area contributed by atoms with E-state index in [1.54, 1.807) is 10.2 Å². The van der Waals surface area contributed by atoms with E-state index in [0.717, 1.165) is 0 Å². The number of nitrogens with zero attached hydrogens (tertiary/aromatic N) is 3. The number of aromatic nitrogens is 2. The van der Waals surface area contributed by atoms with Gasteiger partial charge in [0.2, 0.25) is 5.95 Å². The molecule has 0 aliphatic heterocycles. The number of rotatable bonds is 2. The summed E-state index contributed by atoms with van der Waals surface area (Å²) in [7, 11) is 1.78. The van der Waals surface area contributed by atoms with Crippen molar-refractivity contribution in [3.63, 3.8) is 0 Å². The molecular formula is C6H7IN4O2. The topological polar surface area (TPSA) is 78.4 Å². The Morgan fingerprint density at radius 3 is 2.54 bits per heavy atom. The maximum atomic E-state index is 10.8. The SMILES string of the molecule is CN(I)c1ncc(C(=O)NO)cn1. The fourth-order valence-electron chi connectivity index (χ4n) is 0.662. The Kier molecular flexibility index (Phi) is 3.37. The Morgan fingerprint density at radius 1 is 1.62 bits per heavy atom. The zero-order chi connectivity index (χ0) is 9.84. The van der Waals surface area contributed by atoms with Crippen molar-refractivity contribution in [2.75, 3.05) is 10.2 Å². The molecule has 6 nitrogen and oxygen atoms in total. The number of hydrogen-bond donors (Lipinski definition) is 2. The van der Waals surface area contributed by atoms with Gasteiger partial charge in [0.05, 0.1) is 28.4 Å². The number of anilines is 1. The second-order valence-electron chi connectivity index (χ2n) is 2.19. The molecule has 0 saturated heterocycles. The average molecular weight is 294 g/mol. The van der Waals surface area contributed by atoms with Crippen LogP contribution in [-0.2, 0) is 0 Å². The fourth-order valence-corrected chi connectivity index (χ4v) is 0.911. The molecule has 1 heterocycles. The van der Waals surface area contributed by atoms with Crippen LogP contribution in [0.15, 0.2) is 12.4 Å². The Hall–Kier alpha value is -0.960. The summed E-state index contributed by atoms with van der Waals surface area (Å²) in [6.07, 6.45) is 2.67. The fraction of sp³-hybridized carbons (Fsp3) is 0.167. The Morgan fingerprint density at radius 2 is 2.15 bits per heavy atom. The molecule has 0 spiro atoms. The molecule has 0 bridgehead atoms. The molecule has 0 saturated carbocycles. The van der Waals surface area contributed by atoms with E-state index in [4.69, 9.17) is 5.21 Å². The van der Waals surface area contributed by atoms with Crippen LogP contribution in [0.25, 0.3) is 0 Å². The van der Waals surface area contributed by atoms with Crippen molar-refractivity contribution in [2.45, 2.75) is 0 Å². The first-order valence-electron chi connectivity index (χ1n) is 3.31. The predicted octanol–water partition coefficient (Wildman–Crippen LogP) is 0.382. The Balaban J connectivity index is 2.87. The van der Waals surface area contributed by atoms with Gasteiger partial charge < -0.3 is 0 Å². The Bertz CT molecular complexity index is 300. The number of hydroxylamine groups is 1. The van der Waals surface area contributed by atoms with Crippen molar-refractivity contribution in [3.8, 4) is 0 Å². The second kappa shape index (κ2) is 4.33. The van der Waals surface area contributed by atoms with Crippen LogP contribution < -0.4 is 8.59 Å². The zero-order valence-corrected chi connectivity index (χ0v) is 8.89. The lowest BCUT2D eigenvalue weighted by Crippen LogP contribution is -2.19. The van der Waals surface area contributed by atoms with E-state index in [2.05, 4.69) is 9.97 Å². The van der Waals surface area contributed by atoms with E-state index >= 15 is 0 Å². The van der Waals surface area contributed by atoms with Gasteiger partial charge in [-0.05, 0) is 0 Å². The van der Waals surface area contributed by atoms with Crippen LogP contribution in [0.3, 0.4) is 0 Å². The van der Waals surface area contributed by atoms with Crippen LogP contribution >= 0.6 is 22.9 Å². The molecule has 0 atom stereocenters. The van der Waals surface area contributed by atoms with Crippen LogP contribution in [0, 0.1) is 0 Å². The van der Waals surface area contributed by atoms with Crippen LogP contribution in [0.2, 0.25) is 0 Å². The summed E-state index contributed by atoms with van der Waals surface area (Å²) in [4.78, 5) is 18.6. The van der Waals surface area contributed by atoms with Crippen LogP contribution in [0.4, 0.5) is 5.95 Å². The highest BCUT2D eigenvalue weighted by atomic mass is 127. The smallest absolute Gasteiger partial charge is 0.277 e. The van der Waals surface area contributed by atoms with Gasteiger partial charge in [0.25, 0.3) is 5.91 Å². The minimum Gasteiger partial charge on any atom is -0.288 e. The largest absolute Gasteiger partial charge is 0.288 e. The van der Waals surface area contributed by atoms with E-state index in [9.17, 15) is 4.79 Å². The van der Waals surface area contributed by atoms with Crippen LogP contribution in [0.1, 0.15) is 10.4 Å². The van der Waals surface area contributed by atoms with E-state index in [0.29, 0.717) is 5.95 Å². The monoisotopic (exact) mass is 294 g/mol. The normalized spacial score (nSPS) is 9.46. The van der Waals surface area contributed by atoms with Crippen molar-refractivity contribution in [1.29, 1.82) is 0 Å². The summed E-state index contributed by atoms with van der Waals surface area (Å²) in [5.74, 6) is -0.127. The molecular weight excluding hydrogens is 287 g/mol. The maximum Gasteiger partial charge on any atom is 0.277 e. The van der Waals surface area contributed by atoms with Gasteiger partial charge in [-0.15, -0.1) is 0 Å². The molecule has 7 heteroatoms. The molecule has 0 aliphatic rings. The molecule has 0 fully saturated rings. The van der Waals surface area contributed by atoms with E-state index in [-0.39, 0.29) is 5.56 Å². The number of carbonyl (C=O) groups excluding carboxylic acids is 1. The molecule has 0 aliphatic carbocycles. The Labute approximate surface area is 88.4 Å². The molecule has 1 amide bonds. The number of carbonyl (C=O) groups is 1. The third-order valence-electron chi connectivity index (χ3n) is 1.28. The van der Waals surface area contributed by atoms with Gasteiger partial charge in [-0.1, -0.05) is 0 Å². The van der Waals surface area contributed by atoms with Crippen molar-refractivity contribution in [3.05, 3.63) is 18.0 Å². The lowest BCUT2D eigenvalue weighted by molar-refractivity contribution is 0.0705. The molecule has 0 aromatic carbocycles. The quantitative estimate of drug-likeness (QED) is 0.357. The molecule has 1 aromatic rings. The van der Waals surface area contributed by atoms with Crippen molar-refractivity contribution >= 4 is 34.7 Å². The molecule has 2 N–H and O–H groups in total. The summed E-state index contributed by atoms with van der Waals surface area (Å²) in [6.45, 7) is 0. The summed E-state index contributed by atoms with van der Waals surface area (Å²) < 4.78 is 1.68. The van der Waals surface area contributed by atoms with Gasteiger partial charge in [0.1, 0.15) is 0 Å². The highest BCUT2D eigenvalue weighted by molar-refractivity contribution is 14.1. The lowest BCUT2D eigenvalue weighted by atomic mass is 10.3. The first kappa shape index (κ1) is 10.1. The lowest BCUT2D eigenvalue weighted by Gasteiger charge is -2.06. The molecule has 1 rings (SSSR count). The third-order valence-corrected chi connectivity index (χ3v) is 1.71. The first-order valence-corrected chi connectivity index (χ1v) is 4.27. The number of amides is 1. The van der Waals surface area contributed by atoms with Crippen molar-refractivity contribution in [1.82, 2.24) is 15.4 Å². The van der Waals surface area contributed by atoms with Gasteiger partial charge in [-0.2, -0.15) is 0 Å². The van der Waals surface area contributed by atoms with E-state index in [1.807, 2.05) is 22.9 Å². The van der Waals surface area contributed by atoms with Crippen LogP contribution in [-0.4, -0.2) is 28.1 Å². The van der Waals surface area contributed by atoms with Crippen LogP contribution in [0.5, 0.6) is 0 Å². The van der Waals surface area contributed by atoms with E-state index in [1.165, 1.54) is 17.9 Å². The second-order valence-corrected chi connectivity index (χ2v) is 3.64.